The molecule has 1 unspecified atom stereocenters. The zero-order valence-electron chi connectivity index (χ0n) is 10.0. The van der Waals surface area contributed by atoms with Gasteiger partial charge in [0.25, 0.3) is 0 Å². The van der Waals surface area contributed by atoms with Gasteiger partial charge in [0.2, 0.25) is 0 Å². The Morgan fingerprint density at radius 1 is 1.44 bits per heavy atom. The summed E-state index contributed by atoms with van der Waals surface area (Å²) < 4.78 is 10.4. The predicted octanol–water partition coefficient (Wildman–Crippen LogP) is 2.69. The van der Waals surface area contributed by atoms with E-state index in [1.54, 1.807) is 19.2 Å². The van der Waals surface area contributed by atoms with E-state index in [1.807, 2.05) is 26.0 Å². The summed E-state index contributed by atoms with van der Waals surface area (Å²) in [5, 5.41) is 0. The minimum Gasteiger partial charge on any atom is -0.494 e. The molecule has 16 heavy (non-hydrogen) atoms. The molecule has 3 heteroatoms. The van der Waals surface area contributed by atoms with E-state index >= 15 is 0 Å². The molecule has 0 aliphatic rings. The second kappa shape index (κ2) is 6.28. The number of benzene rings is 1. The summed E-state index contributed by atoms with van der Waals surface area (Å²) in [6, 6.07) is 7.25. The number of ether oxygens (including phenoxy) is 2. The summed E-state index contributed by atoms with van der Waals surface area (Å²) in [5.41, 5.74) is 0.676. The van der Waals surface area contributed by atoms with Gasteiger partial charge in [-0.05, 0) is 26.0 Å². The van der Waals surface area contributed by atoms with Crippen molar-refractivity contribution in [2.24, 2.45) is 0 Å². The number of Topliss-reactive ketones (excluding diaryl/α,β-unsaturated/α-hetero) is 1. The molecule has 1 aromatic rings. The van der Waals surface area contributed by atoms with E-state index in [1.165, 1.54) is 0 Å². The van der Waals surface area contributed by atoms with Crippen LogP contribution < -0.4 is 4.74 Å². The summed E-state index contributed by atoms with van der Waals surface area (Å²) in [7, 11) is 1.61. The van der Waals surface area contributed by atoms with E-state index in [0.717, 1.165) is 5.75 Å². The third-order valence-electron chi connectivity index (χ3n) is 2.34. The van der Waals surface area contributed by atoms with Crippen molar-refractivity contribution in [2.45, 2.75) is 26.4 Å². The fraction of sp³-hybridized carbons (Fsp3) is 0.462. The number of carbonyl (C=O) groups excluding carboxylic acids is 1. The topological polar surface area (TPSA) is 35.5 Å². The summed E-state index contributed by atoms with van der Waals surface area (Å²) in [6.07, 6.45) is 0.342. The molecule has 0 aliphatic carbocycles. The molecule has 0 aliphatic heterocycles. The largest absolute Gasteiger partial charge is 0.494 e. The van der Waals surface area contributed by atoms with Crippen molar-refractivity contribution in [1.82, 2.24) is 0 Å². The summed E-state index contributed by atoms with van der Waals surface area (Å²) in [5.74, 6) is 0.814. The Bertz CT molecular complexity index is 347. The van der Waals surface area contributed by atoms with Crippen LogP contribution in [0.3, 0.4) is 0 Å². The third-order valence-corrected chi connectivity index (χ3v) is 2.34. The summed E-state index contributed by atoms with van der Waals surface area (Å²) in [6.45, 7) is 4.40. The molecule has 1 aromatic carbocycles. The summed E-state index contributed by atoms with van der Waals surface area (Å²) in [4.78, 5) is 11.8. The SMILES string of the molecule is CCOc1cccc(C(=O)CC(C)OC)c1. The van der Waals surface area contributed by atoms with Gasteiger partial charge in [-0.15, -0.1) is 0 Å². The van der Waals surface area contributed by atoms with Gasteiger partial charge in [-0.3, -0.25) is 4.79 Å². The normalized spacial score (nSPS) is 12.2. The van der Waals surface area contributed by atoms with Crippen molar-refractivity contribution in [3.63, 3.8) is 0 Å². The van der Waals surface area contributed by atoms with E-state index < -0.39 is 0 Å². The quantitative estimate of drug-likeness (QED) is 0.694. The molecule has 1 rings (SSSR count). The molecule has 0 heterocycles. The summed E-state index contributed by atoms with van der Waals surface area (Å²) >= 11 is 0. The lowest BCUT2D eigenvalue weighted by molar-refractivity contribution is 0.0791. The maximum atomic E-state index is 11.8. The average molecular weight is 222 g/mol. The third kappa shape index (κ3) is 3.66. The maximum Gasteiger partial charge on any atom is 0.165 e. The lowest BCUT2D eigenvalue weighted by Gasteiger charge is -2.09. The Morgan fingerprint density at radius 3 is 2.81 bits per heavy atom. The number of hydrogen-bond acceptors (Lipinski definition) is 3. The zero-order chi connectivity index (χ0) is 12.0. The Morgan fingerprint density at radius 2 is 2.19 bits per heavy atom. The first-order chi connectivity index (χ1) is 7.67. The molecular formula is C13H18O3. The average Bonchev–Trinajstić information content (AvgIpc) is 2.29. The van der Waals surface area contributed by atoms with Crippen LogP contribution in [0, 0.1) is 0 Å². The molecule has 0 saturated heterocycles. The number of carbonyl (C=O) groups is 1. The van der Waals surface area contributed by atoms with Gasteiger partial charge in [0.05, 0.1) is 12.7 Å². The number of ketones is 1. The molecule has 0 saturated carbocycles. The molecule has 0 N–H and O–H groups in total. The molecular weight excluding hydrogens is 204 g/mol. The standard InChI is InChI=1S/C13H18O3/c1-4-16-12-7-5-6-11(9-12)13(14)8-10(2)15-3/h5-7,9-10H,4,8H2,1-3H3. The molecule has 1 atom stereocenters. The van der Waals surface area contributed by atoms with Gasteiger partial charge in [-0.25, -0.2) is 0 Å². The molecule has 0 bridgehead atoms. The maximum absolute atomic E-state index is 11.8. The Hall–Kier alpha value is -1.35. The van der Waals surface area contributed by atoms with Crippen molar-refractivity contribution < 1.29 is 14.3 Å². The highest BCUT2D eigenvalue weighted by atomic mass is 16.5. The zero-order valence-corrected chi connectivity index (χ0v) is 10.0. The molecule has 0 radical (unpaired) electrons. The number of methoxy groups -OCH3 is 1. The molecule has 0 spiro atoms. The number of rotatable bonds is 6. The van der Waals surface area contributed by atoms with Gasteiger partial charge in [0.15, 0.2) is 5.78 Å². The van der Waals surface area contributed by atoms with Crippen molar-refractivity contribution in [3.05, 3.63) is 29.8 Å². The van der Waals surface area contributed by atoms with Crippen LogP contribution in [0.1, 0.15) is 30.6 Å². The van der Waals surface area contributed by atoms with E-state index in [9.17, 15) is 4.79 Å². The van der Waals surface area contributed by atoms with Crippen LogP contribution >= 0.6 is 0 Å². The van der Waals surface area contributed by atoms with E-state index in [2.05, 4.69) is 0 Å². The molecule has 0 amide bonds. The van der Waals surface area contributed by atoms with Crippen LogP contribution in [0.5, 0.6) is 5.75 Å². The van der Waals surface area contributed by atoms with Crippen LogP contribution in [-0.2, 0) is 4.74 Å². The van der Waals surface area contributed by atoms with Crippen molar-refractivity contribution >= 4 is 5.78 Å². The van der Waals surface area contributed by atoms with Crippen LogP contribution in [0.25, 0.3) is 0 Å². The smallest absolute Gasteiger partial charge is 0.165 e. The molecule has 88 valence electrons. The van der Waals surface area contributed by atoms with Gasteiger partial charge in [-0.1, -0.05) is 12.1 Å². The second-order valence-electron chi connectivity index (χ2n) is 3.63. The van der Waals surface area contributed by atoms with Gasteiger partial charge in [0, 0.05) is 19.1 Å². The fourth-order valence-corrected chi connectivity index (χ4v) is 1.39. The van der Waals surface area contributed by atoms with Crippen LogP contribution in [0.15, 0.2) is 24.3 Å². The van der Waals surface area contributed by atoms with Crippen LogP contribution in [0.4, 0.5) is 0 Å². The Balaban J connectivity index is 2.71. The highest BCUT2D eigenvalue weighted by Gasteiger charge is 2.11. The first-order valence-corrected chi connectivity index (χ1v) is 5.46. The molecule has 0 fully saturated rings. The lowest BCUT2D eigenvalue weighted by atomic mass is 10.1. The van der Waals surface area contributed by atoms with Crippen molar-refractivity contribution in [2.75, 3.05) is 13.7 Å². The van der Waals surface area contributed by atoms with Gasteiger partial charge in [-0.2, -0.15) is 0 Å². The second-order valence-corrected chi connectivity index (χ2v) is 3.63. The molecule has 3 nitrogen and oxygen atoms in total. The van der Waals surface area contributed by atoms with Gasteiger partial charge in [0.1, 0.15) is 5.75 Å². The van der Waals surface area contributed by atoms with Crippen molar-refractivity contribution in [3.8, 4) is 5.75 Å². The predicted molar refractivity (Wildman–Crippen MR) is 63.0 cm³/mol. The van der Waals surface area contributed by atoms with Crippen LogP contribution in [0.2, 0.25) is 0 Å². The van der Waals surface area contributed by atoms with E-state index in [4.69, 9.17) is 9.47 Å². The van der Waals surface area contributed by atoms with Crippen LogP contribution in [-0.4, -0.2) is 25.6 Å². The highest BCUT2D eigenvalue weighted by molar-refractivity contribution is 5.96. The van der Waals surface area contributed by atoms with Crippen molar-refractivity contribution in [1.29, 1.82) is 0 Å². The van der Waals surface area contributed by atoms with E-state index in [-0.39, 0.29) is 11.9 Å². The van der Waals surface area contributed by atoms with Gasteiger partial charge >= 0.3 is 0 Å². The Kier molecular flexibility index (Phi) is 4.99. The monoisotopic (exact) mass is 222 g/mol. The highest BCUT2D eigenvalue weighted by Crippen LogP contribution is 2.15. The lowest BCUT2D eigenvalue weighted by Crippen LogP contribution is -2.12. The van der Waals surface area contributed by atoms with Gasteiger partial charge < -0.3 is 9.47 Å². The van der Waals surface area contributed by atoms with E-state index in [0.29, 0.717) is 18.6 Å². The Labute approximate surface area is 96.4 Å². The fourth-order valence-electron chi connectivity index (χ4n) is 1.39. The number of hydrogen-bond donors (Lipinski definition) is 0. The first-order valence-electron chi connectivity index (χ1n) is 5.46. The molecule has 0 aromatic heterocycles. The minimum absolute atomic E-state index is 0.0525. The minimum atomic E-state index is -0.0525. The first kappa shape index (κ1) is 12.7.